The van der Waals surface area contributed by atoms with E-state index in [4.69, 9.17) is 10.00 Å². The number of H-pyrrole nitrogens is 1. The van der Waals surface area contributed by atoms with E-state index < -0.39 is 0 Å². The van der Waals surface area contributed by atoms with Crippen LogP contribution in [0.2, 0.25) is 0 Å². The number of rotatable bonds is 5. The van der Waals surface area contributed by atoms with Gasteiger partial charge >= 0.3 is 0 Å². The van der Waals surface area contributed by atoms with Crippen molar-refractivity contribution in [2.24, 2.45) is 0 Å². The van der Waals surface area contributed by atoms with Gasteiger partial charge in [-0.1, -0.05) is 18.7 Å². The second kappa shape index (κ2) is 5.78. The molecule has 0 saturated heterocycles. The summed E-state index contributed by atoms with van der Waals surface area (Å²) in [7, 11) is 0. The molecule has 1 aromatic carbocycles. The number of ether oxygens (including phenoxy) is 1. The molecular formula is C13H15N3OS. The van der Waals surface area contributed by atoms with Gasteiger partial charge in [-0.05, 0) is 25.5 Å². The van der Waals surface area contributed by atoms with Crippen LogP contribution >= 0.6 is 11.8 Å². The highest BCUT2D eigenvalue weighted by molar-refractivity contribution is 8.00. The number of thioether (sulfide) groups is 1. The van der Waals surface area contributed by atoms with Gasteiger partial charge in [-0.15, -0.1) is 0 Å². The Kier molecular flexibility index (Phi) is 4.11. The van der Waals surface area contributed by atoms with Crippen molar-refractivity contribution in [3.63, 3.8) is 0 Å². The van der Waals surface area contributed by atoms with Crippen LogP contribution in [0.15, 0.2) is 23.4 Å². The highest BCUT2D eigenvalue weighted by atomic mass is 32.2. The summed E-state index contributed by atoms with van der Waals surface area (Å²) in [5.74, 6) is 0.831. The average Bonchev–Trinajstić information content (AvgIpc) is 2.78. The maximum absolute atomic E-state index is 8.94. The molecular weight excluding hydrogens is 246 g/mol. The molecule has 0 radical (unpaired) electrons. The smallest absolute Gasteiger partial charge is 0.167 e. The van der Waals surface area contributed by atoms with E-state index in [9.17, 15) is 0 Å². The molecule has 0 fully saturated rings. The zero-order chi connectivity index (χ0) is 13.0. The van der Waals surface area contributed by atoms with E-state index in [1.54, 1.807) is 0 Å². The molecule has 1 aromatic heterocycles. The van der Waals surface area contributed by atoms with Gasteiger partial charge in [0.25, 0.3) is 0 Å². The first-order valence-corrected chi connectivity index (χ1v) is 6.83. The first-order valence-electron chi connectivity index (χ1n) is 5.95. The Morgan fingerprint density at radius 1 is 1.50 bits per heavy atom. The zero-order valence-electron chi connectivity index (χ0n) is 10.4. The highest BCUT2D eigenvalue weighted by Crippen LogP contribution is 2.26. The van der Waals surface area contributed by atoms with Gasteiger partial charge in [-0.25, -0.2) is 4.98 Å². The molecule has 94 valence electrons. The number of aromatic nitrogens is 2. The molecule has 1 heterocycles. The summed E-state index contributed by atoms with van der Waals surface area (Å²) in [6.07, 6.45) is 0.808. The number of hydrogen-bond acceptors (Lipinski definition) is 4. The van der Waals surface area contributed by atoms with Crippen LogP contribution in [0.5, 0.6) is 5.75 Å². The van der Waals surface area contributed by atoms with Gasteiger partial charge in [0.05, 0.1) is 29.0 Å². The zero-order valence-corrected chi connectivity index (χ0v) is 11.3. The fourth-order valence-corrected chi connectivity index (χ4v) is 2.42. The molecule has 0 amide bonds. The second-order valence-corrected chi connectivity index (χ2v) is 4.99. The van der Waals surface area contributed by atoms with Gasteiger partial charge in [0, 0.05) is 6.07 Å². The molecule has 1 atom stereocenters. The third-order valence-electron chi connectivity index (χ3n) is 2.51. The minimum Gasteiger partial charge on any atom is -0.494 e. The monoisotopic (exact) mass is 261 g/mol. The fourth-order valence-electron chi connectivity index (χ4n) is 1.61. The van der Waals surface area contributed by atoms with Crippen molar-refractivity contribution in [2.45, 2.75) is 30.7 Å². The van der Waals surface area contributed by atoms with Crippen molar-refractivity contribution in [2.75, 3.05) is 6.61 Å². The van der Waals surface area contributed by atoms with E-state index in [0.717, 1.165) is 28.4 Å². The van der Waals surface area contributed by atoms with Crippen LogP contribution in [-0.2, 0) is 0 Å². The molecule has 5 heteroatoms. The van der Waals surface area contributed by atoms with E-state index in [1.807, 2.05) is 32.0 Å². The number of hydrogen-bond donors (Lipinski definition) is 1. The molecule has 1 unspecified atom stereocenters. The molecule has 0 bridgehead atoms. The molecule has 18 heavy (non-hydrogen) atoms. The van der Waals surface area contributed by atoms with Crippen LogP contribution in [0.25, 0.3) is 11.0 Å². The molecule has 4 nitrogen and oxygen atoms in total. The Bertz CT molecular complexity index is 573. The number of fused-ring (bicyclic) bond motifs is 1. The summed E-state index contributed by atoms with van der Waals surface area (Å²) in [5, 5.41) is 9.67. The van der Waals surface area contributed by atoms with Crippen LogP contribution in [0.1, 0.15) is 20.3 Å². The summed E-state index contributed by atoms with van der Waals surface area (Å²) in [5.41, 5.74) is 1.84. The molecule has 0 aliphatic carbocycles. The van der Waals surface area contributed by atoms with Crippen molar-refractivity contribution in [1.82, 2.24) is 9.97 Å². The first-order chi connectivity index (χ1) is 8.76. The molecule has 0 aliphatic heterocycles. The van der Waals surface area contributed by atoms with E-state index in [1.165, 1.54) is 11.8 Å². The highest BCUT2D eigenvalue weighted by Gasteiger charge is 2.10. The summed E-state index contributed by atoms with van der Waals surface area (Å²) in [6, 6.07) is 8.02. The first kappa shape index (κ1) is 12.8. The van der Waals surface area contributed by atoms with Gasteiger partial charge < -0.3 is 9.72 Å². The lowest BCUT2D eigenvalue weighted by Crippen LogP contribution is -1.95. The van der Waals surface area contributed by atoms with Gasteiger partial charge in [-0.2, -0.15) is 5.26 Å². The molecule has 0 saturated carbocycles. The maximum atomic E-state index is 8.94. The Balaban J connectivity index is 2.24. The molecule has 0 spiro atoms. The van der Waals surface area contributed by atoms with Crippen LogP contribution in [0, 0.1) is 11.3 Å². The predicted molar refractivity (Wildman–Crippen MR) is 72.8 cm³/mol. The Morgan fingerprint density at radius 2 is 2.33 bits per heavy atom. The van der Waals surface area contributed by atoms with Crippen molar-refractivity contribution in [3.8, 4) is 11.8 Å². The fraction of sp³-hybridized carbons (Fsp3) is 0.385. The number of nitrogens with zero attached hydrogens (tertiary/aromatic N) is 2. The van der Waals surface area contributed by atoms with Crippen molar-refractivity contribution in [1.29, 1.82) is 5.26 Å². The quantitative estimate of drug-likeness (QED) is 0.838. The number of nitriles is 1. The summed E-state index contributed by atoms with van der Waals surface area (Å²) >= 11 is 1.47. The van der Waals surface area contributed by atoms with E-state index in [2.05, 4.69) is 16.0 Å². The number of nitrogens with one attached hydrogen (secondary N) is 1. The number of benzene rings is 1. The van der Waals surface area contributed by atoms with Gasteiger partial charge in [0.1, 0.15) is 5.75 Å². The van der Waals surface area contributed by atoms with Gasteiger partial charge in [-0.3, -0.25) is 0 Å². The van der Waals surface area contributed by atoms with Crippen molar-refractivity contribution in [3.05, 3.63) is 18.2 Å². The normalized spacial score (nSPS) is 12.3. The largest absolute Gasteiger partial charge is 0.494 e. The molecule has 2 rings (SSSR count). The third-order valence-corrected chi connectivity index (χ3v) is 3.65. The van der Waals surface area contributed by atoms with Crippen molar-refractivity contribution < 1.29 is 4.74 Å². The molecule has 1 N–H and O–H groups in total. The number of aromatic amines is 1. The van der Waals surface area contributed by atoms with E-state index >= 15 is 0 Å². The SMILES string of the molecule is CCOc1ccc2nc(SC(C#N)CC)[nH]c2c1. The lowest BCUT2D eigenvalue weighted by Gasteiger charge is -2.01. The molecule has 2 aromatic rings. The van der Waals surface area contributed by atoms with Crippen LogP contribution < -0.4 is 4.74 Å². The minimum atomic E-state index is -0.0584. The topological polar surface area (TPSA) is 61.7 Å². The Labute approximate surface area is 110 Å². The van der Waals surface area contributed by atoms with Gasteiger partial charge in [0.15, 0.2) is 5.16 Å². The van der Waals surface area contributed by atoms with Gasteiger partial charge in [0.2, 0.25) is 0 Å². The van der Waals surface area contributed by atoms with Crippen LogP contribution in [0.4, 0.5) is 0 Å². The third kappa shape index (κ3) is 2.77. The van der Waals surface area contributed by atoms with E-state index in [0.29, 0.717) is 6.61 Å². The lowest BCUT2D eigenvalue weighted by atomic mass is 10.3. The minimum absolute atomic E-state index is 0.0584. The summed E-state index contributed by atoms with van der Waals surface area (Å²) in [4.78, 5) is 7.66. The Hall–Kier alpha value is -1.67. The van der Waals surface area contributed by atoms with E-state index in [-0.39, 0.29) is 5.25 Å². The maximum Gasteiger partial charge on any atom is 0.167 e. The Morgan fingerprint density at radius 3 is 3.00 bits per heavy atom. The predicted octanol–water partition coefficient (Wildman–Crippen LogP) is 3.36. The molecule has 0 aliphatic rings. The number of imidazole rings is 1. The van der Waals surface area contributed by atoms with Crippen LogP contribution in [-0.4, -0.2) is 21.8 Å². The van der Waals surface area contributed by atoms with Crippen LogP contribution in [0.3, 0.4) is 0 Å². The second-order valence-electron chi connectivity index (χ2n) is 3.80. The lowest BCUT2D eigenvalue weighted by molar-refractivity contribution is 0.340. The summed E-state index contributed by atoms with van der Waals surface area (Å²) < 4.78 is 5.44. The summed E-state index contributed by atoms with van der Waals surface area (Å²) in [6.45, 7) is 4.60. The average molecular weight is 261 g/mol. The van der Waals surface area contributed by atoms with Crippen molar-refractivity contribution >= 4 is 22.8 Å². The standard InChI is InChI=1S/C13H15N3OS/c1-3-10(8-14)18-13-15-11-6-5-9(17-4-2)7-12(11)16-13/h5-7,10H,3-4H2,1-2H3,(H,15,16).